The van der Waals surface area contributed by atoms with Gasteiger partial charge in [0, 0.05) is 17.8 Å². The van der Waals surface area contributed by atoms with E-state index in [1.165, 1.54) is 6.07 Å². The summed E-state index contributed by atoms with van der Waals surface area (Å²) in [7, 11) is 0. The van der Waals surface area contributed by atoms with Crippen LogP contribution in [0.25, 0.3) is 0 Å². The van der Waals surface area contributed by atoms with Crippen molar-refractivity contribution in [3.8, 4) is 0 Å². The highest BCUT2D eigenvalue weighted by Crippen LogP contribution is 2.21. The first-order chi connectivity index (χ1) is 10.4. The lowest BCUT2D eigenvalue weighted by molar-refractivity contribution is -0.384. The first kappa shape index (κ1) is 15.8. The number of halogens is 2. The molecular formula is C14H11F2N3O2S. The van der Waals surface area contributed by atoms with Crippen molar-refractivity contribution in [1.82, 2.24) is 0 Å². The van der Waals surface area contributed by atoms with Gasteiger partial charge in [-0.1, -0.05) is 6.07 Å². The number of hydrogen-bond acceptors (Lipinski definition) is 3. The highest BCUT2D eigenvalue weighted by Gasteiger charge is 2.12. The number of anilines is 2. The lowest BCUT2D eigenvalue weighted by atomic mass is 10.2. The Labute approximate surface area is 130 Å². The van der Waals surface area contributed by atoms with E-state index in [1.807, 2.05) is 0 Å². The van der Waals surface area contributed by atoms with Crippen LogP contribution in [-0.2, 0) is 0 Å². The number of hydrogen-bond donors (Lipinski definition) is 2. The Morgan fingerprint density at radius 2 is 1.86 bits per heavy atom. The molecule has 0 radical (unpaired) electrons. The molecule has 0 amide bonds. The Bertz CT molecular complexity index is 753. The molecule has 2 aromatic carbocycles. The molecule has 0 saturated heterocycles. The highest BCUT2D eigenvalue weighted by atomic mass is 32.1. The van der Waals surface area contributed by atoms with Crippen molar-refractivity contribution in [2.45, 2.75) is 6.92 Å². The maximum absolute atomic E-state index is 13.6. The number of nitro groups is 1. The normalized spacial score (nSPS) is 10.1. The fourth-order valence-electron chi connectivity index (χ4n) is 1.68. The molecule has 0 spiro atoms. The molecule has 22 heavy (non-hydrogen) atoms. The number of benzene rings is 2. The third kappa shape index (κ3) is 3.73. The third-order valence-electron chi connectivity index (χ3n) is 2.84. The largest absolute Gasteiger partial charge is 0.332 e. The molecule has 0 fully saturated rings. The first-order valence-electron chi connectivity index (χ1n) is 6.15. The SMILES string of the molecule is Cc1ccc(NC(=S)Nc2cc([N+](=O)[O-])ccc2F)cc1F. The molecule has 0 aliphatic carbocycles. The van der Waals surface area contributed by atoms with Crippen LogP contribution in [0.5, 0.6) is 0 Å². The van der Waals surface area contributed by atoms with E-state index in [1.54, 1.807) is 19.1 Å². The van der Waals surface area contributed by atoms with E-state index in [0.29, 0.717) is 11.3 Å². The van der Waals surface area contributed by atoms with Crippen molar-refractivity contribution in [2.24, 2.45) is 0 Å². The number of rotatable bonds is 3. The second-order valence-electron chi connectivity index (χ2n) is 4.46. The first-order valence-corrected chi connectivity index (χ1v) is 6.56. The van der Waals surface area contributed by atoms with Crippen molar-refractivity contribution in [2.75, 3.05) is 10.6 Å². The number of aryl methyl sites for hydroxylation is 1. The van der Waals surface area contributed by atoms with Crippen molar-refractivity contribution in [1.29, 1.82) is 0 Å². The molecule has 2 rings (SSSR count). The van der Waals surface area contributed by atoms with Crippen LogP contribution < -0.4 is 10.6 Å². The molecule has 0 aromatic heterocycles. The number of nitrogens with one attached hydrogen (secondary N) is 2. The molecule has 0 heterocycles. The van der Waals surface area contributed by atoms with Crippen LogP contribution in [0, 0.1) is 28.7 Å². The average Bonchev–Trinajstić information content (AvgIpc) is 2.45. The van der Waals surface area contributed by atoms with E-state index in [9.17, 15) is 18.9 Å². The summed E-state index contributed by atoms with van der Waals surface area (Å²) >= 11 is 4.98. The van der Waals surface area contributed by atoms with Gasteiger partial charge in [0.2, 0.25) is 0 Å². The molecule has 0 saturated carbocycles. The minimum Gasteiger partial charge on any atom is -0.332 e. The maximum Gasteiger partial charge on any atom is 0.271 e. The summed E-state index contributed by atoms with van der Waals surface area (Å²) in [6.45, 7) is 1.62. The van der Waals surface area contributed by atoms with Gasteiger partial charge in [-0.25, -0.2) is 8.78 Å². The summed E-state index contributed by atoms with van der Waals surface area (Å²) in [6.07, 6.45) is 0. The highest BCUT2D eigenvalue weighted by molar-refractivity contribution is 7.80. The molecule has 0 unspecified atom stereocenters. The fraction of sp³-hybridized carbons (Fsp3) is 0.0714. The van der Waals surface area contributed by atoms with E-state index in [0.717, 1.165) is 18.2 Å². The summed E-state index contributed by atoms with van der Waals surface area (Å²) in [5.41, 5.74) is 0.452. The fourth-order valence-corrected chi connectivity index (χ4v) is 1.91. The number of nitrogens with zero attached hydrogens (tertiary/aromatic N) is 1. The van der Waals surface area contributed by atoms with Gasteiger partial charge in [-0.05, 0) is 42.9 Å². The van der Waals surface area contributed by atoms with Gasteiger partial charge in [-0.15, -0.1) is 0 Å². The molecule has 0 aliphatic heterocycles. The van der Waals surface area contributed by atoms with E-state index in [4.69, 9.17) is 12.2 Å². The van der Waals surface area contributed by atoms with Crippen LogP contribution in [0.3, 0.4) is 0 Å². The zero-order valence-corrected chi connectivity index (χ0v) is 12.2. The molecule has 0 aliphatic rings. The second kappa shape index (κ2) is 6.44. The molecule has 0 atom stereocenters. The van der Waals surface area contributed by atoms with Crippen LogP contribution in [0.15, 0.2) is 36.4 Å². The standard InChI is InChI=1S/C14H11F2N3O2S/c1-8-2-3-9(6-12(8)16)17-14(22)18-13-7-10(19(20)21)4-5-11(13)15/h2-7H,1H3,(H2,17,18,22). The predicted octanol–water partition coefficient (Wildman–Crippen LogP) is 3.99. The minimum absolute atomic E-state index is 0.0114. The topological polar surface area (TPSA) is 67.2 Å². The zero-order chi connectivity index (χ0) is 16.3. The van der Waals surface area contributed by atoms with Crippen molar-refractivity contribution >= 4 is 34.4 Å². The smallest absolute Gasteiger partial charge is 0.271 e. The summed E-state index contributed by atoms with van der Waals surface area (Å²) in [6, 6.07) is 7.46. The Morgan fingerprint density at radius 3 is 2.50 bits per heavy atom. The van der Waals surface area contributed by atoms with Crippen LogP contribution in [0.2, 0.25) is 0 Å². The number of thiocarbonyl (C=S) groups is 1. The molecule has 0 bridgehead atoms. The van der Waals surface area contributed by atoms with Crippen LogP contribution in [0.4, 0.5) is 25.8 Å². The number of nitro benzene ring substituents is 1. The van der Waals surface area contributed by atoms with Gasteiger partial charge in [0.15, 0.2) is 5.11 Å². The van der Waals surface area contributed by atoms with Gasteiger partial charge in [-0.3, -0.25) is 10.1 Å². The van der Waals surface area contributed by atoms with Gasteiger partial charge in [0.1, 0.15) is 11.6 Å². The van der Waals surface area contributed by atoms with Crippen LogP contribution in [0.1, 0.15) is 5.56 Å². The zero-order valence-electron chi connectivity index (χ0n) is 11.4. The lowest BCUT2D eigenvalue weighted by Gasteiger charge is -2.11. The summed E-state index contributed by atoms with van der Waals surface area (Å²) in [4.78, 5) is 10.0. The van der Waals surface area contributed by atoms with E-state index < -0.39 is 16.6 Å². The monoisotopic (exact) mass is 323 g/mol. The van der Waals surface area contributed by atoms with Crippen LogP contribution in [-0.4, -0.2) is 10.0 Å². The molecule has 5 nitrogen and oxygen atoms in total. The van der Waals surface area contributed by atoms with Gasteiger partial charge >= 0.3 is 0 Å². The van der Waals surface area contributed by atoms with Gasteiger partial charge in [-0.2, -0.15) is 0 Å². The molecule has 2 N–H and O–H groups in total. The number of non-ortho nitro benzene ring substituents is 1. The Hall–Kier alpha value is -2.61. The summed E-state index contributed by atoms with van der Waals surface area (Å²) in [5.74, 6) is -1.10. The quantitative estimate of drug-likeness (QED) is 0.508. The summed E-state index contributed by atoms with van der Waals surface area (Å²) in [5, 5.41) is 15.8. The Kier molecular flexibility index (Phi) is 4.62. The Morgan fingerprint density at radius 1 is 1.14 bits per heavy atom. The summed E-state index contributed by atoms with van der Waals surface area (Å²) < 4.78 is 27.0. The molecular weight excluding hydrogens is 312 g/mol. The van der Waals surface area contributed by atoms with Crippen molar-refractivity contribution in [3.05, 3.63) is 63.7 Å². The van der Waals surface area contributed by atoms with Gasteiger partial charge < -0.3 is 10.6 Å². The van der Waals surface area contributed by atoms with E-state index >= 15 is 0 Å². The van der Waals surface area contributed by atoms with Gasteiger partial charge in [0.25, 0.3) is 5.69 Å². The van der Waals surface area contributed by atoms with Gasteiger partial charge in [0.05, 0.1) is 10.6 Å². The second-order valence-corrected chi connectivity index (χ2v) is 4.87. The maximum atomic E-state index is 13.6. The Balaban J connectivity index is 2.13. The van der Waals surface area contributed by atoms with Crippen LogP contribution >= 0.6 is 12.2 Å². The predicted molar refractivity (Wildman–Crippen MR) is 84.0 cm³/mol. The van der Waals surface area contributed by atoms with E-state index in [2.05, 4.69) is 10.6 Å². The lowest BCUT2D eigenvalue weighted by Crippen LogP contribution is -2.20. The molecule has 114 valence electrons. The van der Waals surface area contributed by atoms with Crippen molar-refractivity contribution in [3.63, 3.8) is 0 Å². The molecule has 8 heteroatoms. The molecule has 2 aromatic rings. The van der Waals surface area contributed by atoms with Crippen molar-refractivity contribution < 1.29 is 13.7 Å². The third-order valence-corrected chi connectivity index (χ3v) is 3.04. The average molecular weight is 323 g/mol. The van der Waals surface area contributed by atoms with E-state index in [-0.39, 0.29) is 16.5 Å². The minimum atomic E-state index is -0.690.